The van der Waals surface area contributed by atoms with E-state index in [1.807, 2.05) is 0 Å². The van der Waals surface area contributed by atoms with E-state index in [1.54, 1.807) is 4.90 Å². The predicted molar refractivity (Wildman–Crippen MR) is 127 cm³/mol. The van der Waals surface area contributed by atoms with Gasteiger partial charge in [0, 0.05) is 42.1 Å². The van der Waals surface area contributed by atoms with Gasteiger partial charge in [0.05, 0.1) is 19.8 Å². The number of aliphatic hydroxyl groups is 1. The van der Waals surface area contributed by atoms with Gasteiger partial charge in [0.1, 0.15) is 11.7 Å². The molecule has 0 radical (unpaired) electrons. The molecule has 2 aromatic carbocycles. The van der Waals surface area contributed by atoms with E-state index in [0.717, 1.165) is 12.1 Å². The summed E-state index contributed by atoms with van der Waals surface area (Å²) in [5.74, 6) is -2.85. The van der Waals surface area contributed by atoms with Crippen molar-refractivity contribution in [2.24, 2.45) is 5.73 Å². The van der Waals surface area contributed by atoms with Crippen molar-refractivity contribution >= 4 is 34.9 Å². The molecule has 2 heterocycles. The van der Waals surface area contributed by atoms with Crippen molar-refractivity contribution in [1.82, 2.24) is 4.90 Å². The summed E-state index contributed by atoms with van der Waals surface area (Å²) < 4.78 is 25.1. The first-order valence-corrected chi connectivity index (χ1v) is 11.3. The average Bonchev–Trinajstić information content (AvgIpc) is 2.88. The van der Waals surface area contributed by atoms with Crippen molar-refractivity contribution < 1.29 is 33.4 Å². The number of nitrogens with two attached hydrogens (primary N) is 1. The number of nitrogens with one attached hydrogen (secondary N) is 2. The molecule has 0 aromatic heterocycles. The number of aliphatic hydroxyl groups excluding tert-OH is 1. The summed E-state index contributed by atoms with van der Waals surface area (Å²) in [7, 11) is 0. The van der Waals surface area contributed by atoms with Crippen LogP contribution >= 0.6 is 0 Å². The van der Waals surface area contributed by atoms with Crippen LogP contribution in [0.4, 0.5) is 15.8 Å². The second-order valence-corrected chi connectivity index (χ2v) is 8.31. The van der Waals surface area contributed by atoms with Crippen LogP contribution in [0.5, 0.6) is 0 Å². The third-order valence-corrected chi connectivity index (χ3v) is 5.88. The van der Waals surface area contributed by atoms with Crippen LogP contribution in [-0.2, 0) is 19.1 Å². The highest BCUT2D eigenvalue weighted by atomic mass is 19.1. The van der Waals surface area contributed by atoms with Gasteiger partial charge in [-0.2, -0.15) is 0 Å². The third kappa shape index (κ3) is 5.51. The van der Waals surface area contributed by atoms with Crippen molar-refractivity contribution in [3.8, 4) is 0 Å². The van der Waals surface area contributed by atoms with Crippen LogP contribution in [0, 0.1) is 11.2 Å². The fraction of sp³-hybridized carbons (Fsp3) is 0.333. The molecule has 5 N–H and O–H groups in total. The summed E-state index contributed by atoms with van der Waals surface area (Å²) in [6.45, 7) is 1.56. The van der Waals surface area contributed by atoms with Gasteiger partial charge in [0.15, 0.2) is 12.2 Å². The van der Waals surface area contributed by atoms with Crippen molar-refractivity contribution in [1.29, 1.82) is 5.41 Å². The number of carbonyl (C=O) groups excluding carboxylic acids is 3. The number of anilines is 2. The SMILES string of the molecule is N=C(N)c1ccc(NC(=O)C(O)[C@H]2OCCN(c3cc(F)cc(C(=O)N4CCOCC4)c3)C2=O)cc1. The Morgan fingerprint density at radius 3 is 2.44 bits per heavy atom. The van der Waals surface area contributed by atoms with E-state index in [1.165, 1.54) is 35.2 Å². The summed E-state index contributed by atoms with van der Waals surface area (Å²) in [5.41, 5.74) is 6.38. The lowest BCUT2D eigenvalue weighted by atomic mass is 10.1. The quantitative estimate of drug-likeness (QED) is 0.329. The molecule has 3 amide bonds. The molecule has 2 aliphatic rings. The maximum atomic E-state index is 14.4. The minimum Gasteiger partial charge on any atom is -0.384 e. The zero-order valence-electron chi connectivity index (χ0n) is 19.3. The van der Waals surface area contributed by atoms with E-state index in [2.05, 4.69) is 5.32 Å². The number of carbonyl (C=O) groups is 3. The Balaban J connectivity index is 1.48. The van der Waals surface area contributed by atoms with Gasteiger partial charge in [-0.25, -0.2) is 4.39 Å². The summed E-state index contributed by atoms with van der Waals surface area (Å²) in [5, 5.41) is 20.4. The first kappa shape index (κ1) is 25.2. The molecule has 11 nitrogen and oxygen atoms in total. The monoisotopic (exact) mass is 499 g/mol. The minimum absolute atomic E-state index is 0.0166. The predicted octanol–water partition coefficient (Wildman–Crippen LogP) is 0.314. The van der Waals surface area contributed by atoms with Crippen molar-refractivity contribution in [2.45, 2.75) is 12.2 Å². The van der Waals surface area contributed by atoms with Crippen molar-refractivity contribution in [3.63, 3.8) is 0 Å². The van der Waals surface area contributed by atoms with Crippen LogP contribution in [0.1, 0.15) is 15.9 Å². The van der Waals surface area contributed by atoms with Gasteiger partial charge < -0.3 is 35.4 Å². The summed E-state index contributed by atoms with van der Waals surface area (Å²) in [4.78, 5) is 41.3. The highest BCUT2D eigenvalue weighted by Gasteiger charge is 2.39. The number of hydrogen-bond donors (Lipinski definition) is 4. The molecule has 36 heavy (non-hydrogen) atoms. The Morgan fingerprint density at radius 1 is 1.08 bits per heavy atom. The molecule has 2 saturated heterocycles. The van der Waals surface area contributed by atoms with Crippen LogP contribution < -0.4 is 16.0 Å². The molecule has 12 heteroatoms. The molecule has 2 aliphatic heterocycles. The Kier molecular flexibility index (Phi) is 7.58. The highest BCUT2D eigenvalue weighted by molar-refractivity contribution is 6.05. The van der Waals surface area contributed by atoms with Gasteiger partial charge in [-0.15, -0.1) is 0 Å². The second kappa shape index (κ2) is 10.8. The van der Waals surface area contributed by atoms with Crippen LogP contribution in [-0.4, -0.2) is 85.2 Å². The normalized spacial score (nSPS) is 19.1. The molecular weight excluding hydrogens is 473 g/mol. The number of halogens is 1. The third-order valence-electron chi connectivity index (χ3n) is 5.88. The van der Waals surface area contributed by atoms with Crippen molar-refractivity contribution in [2.75, 3.05) is 49.7 Å². The average molecular weight is 499 g/mol. The van der Waals surface area contributed by atoms with Gasteiger partial charge in [0.2, 0.25) is 0 Å². The van der Waals surface area contributed by atoms with Crippen LogP contribution in [0.15, 0.2) is 42.5 Å². The van der Waals surface area contributed by atoms with Crippen LogP contribution in [0.3, 0.4) is 0 Å². The van der Waals surface area contributed by atoms with E-state index < -0.39 is 29.8 Å². The van der Waals surface area contributed by atoms with Crippen LogP contribution in [0.2, 0.25) is 0 Å². The lowest BCUT2D eigenvalue weighted by Crippen LogP contribution is -2.55. The molecule has 4 rings (SSSR count). The molecule has 0 bridgehead atoms. The highest BCUT2D eigenvalue weighted by Crippen LogP contribution is 2.24. The molecule has 190 valence electrons. The molecule has 0 saturated carbocycles. The molecule has 0 aliphatic carbocycles. The number of amidine groups is 1. The van der Waals surface area contributed by atoms with E-state index in [9.17, 15) is 23.9 Å². The van der Waals surface area contributed by atoms with Gasteiger partial charge >= 0.3 is 0 Å². The second-order valence-electron chi connectivity index (χ2n) is 8.31. The Labute approximate surface area is 206 Å². The minimum atomic E-state index is -1.85. The topological polar surface area (TPSA) is 158 Å². The fourth-order valence-corrected chi connectivity index (χ4v) is 3.98. The van der Waals surface area contributed by atoms with E-state index in [0.29, 0.717) is 37.6 Å². The maximum absolute atomic E-state index is 14.4. The lowest BCUT2D eigenvalue weighted by Gasteiger charge is -2.34. The number of nitrogens with zero attached hydrogens (tertiary/aromatic N) is 2. The fourth-order valence-electron chi connectivity index (χ4n) is 3.98. The summed E-state index contributed by atoms with van der Waals surface area (Å²) in [6, 6.07) is 9.66. The first-order valence-electron chi connectivity index (χ1n) is 11.3. The number of hydrogen-bond acceptors (Lipinski definition) is 7. The van der Waals surface area contributed by atoms with Gasteiger partial charge in [0.25, 0.3) is 17.7 Å². The zero-order chi connectivity index (χ0) is 25.8. The number of nitrogen functional groups attached to an aromatic ring is 1. The number of rotatable bonds is 6. The molecule has 2 aromatic rings. The maximum Gasteiger partial charge on any atom is 0.259 e. The largest absolute Gasteiger partial charge is 0.384 e. The molecule has 2 fully saturated rings. The van der Waals surface area contributed by atoms with Crippen molar-refractivity contribution in [3.05, 3.63) is 59.4 Å². The van der Waals surface area contributed by atoms with E-state index >= 15 is 0 Å². The Morgan fingerprint density at radius 2 is 1.78 bits per heavy atom. The van der Waals surface area contributed by atoms with Gasteiger partial charge in [-0.05, 0) is 42.5 Å². The number of benzene rings is 2. The lowest BCUT2D eigenvalue weighted by molar-refractivity contribution is -0.150. The standard InChI is InChI=1S/C24H26FN5O6/c25-16-11-15(23(33)29-5-8-35-9-6-29)12-18(13-16)30-7-10-36-20(24(30)34)19(31)22(32)28-17-3-1-14(2-4-17)21(26)27/h1-4,11-13,19-20,31H,5-10H2,(H3,26,27)(H,28,32)/t19?,20-/m1/s1. The van der Waals surface area contributed by atoms with Gasteiger partial charge in [-0.3, -0.25) is 19.8 Å². The Bertz CT molecular complexity index is 1170. The smallest absolute Gasteiger partial charge is 0.259 e. The first-order chi connectivity index (χ1) is 17.2. The summed E-state index contributed by atoms with van der Waals surface area (Å²) in [6.07, 6.45) is -3.38. The van der Waals surface area contributed by atoms with E-state index in [-0.39, 0.29) is 36.1 Å². The summed E-state index contributed by atoms with van der Waals surface area (Å²) >= 11 is 0. The zero-order valence-corrected chi connectivity index (χ0v) is 19.3. The Hall–Kier alpha value is -3.87. The van der Waals surface area contributed by atoms with Crippen LogP contribution in [0.25, 0.3) is 0 Å². The molecular formula is C24H26FN5O6. The molecule has 0 spiro atoms. The number of amides is 3. The van der Waals surface area contributed by atoms with Gasteiger partial charge in [-0.1, -0.05) is 0 Å². The number of morpholine rings is 2. The van der Waals surface area contributed by atoms with E-state index in [4.69, 9.17) is 20.6 Å². The number of ether oxygens (including phenoxy) is 2. The molecule has 2 atom stereocenters. The molecule has 1 unspecified atom stereocenters.